The Morgan fingerprint density at radius 3 is 2.64 bits per heavy atom. The number of oxazole rings is 1. The highest BCUT2D eigenvalue weighted by atomic mass is 32.2. The van der Waals surface area contributed by atoms with Crippen LogP contribution in [0.15, 0.2) is 62.6 Å². The number of carbonyl (C=O) groups excluding carboxylic acids is 2. The molecule has 1 heterocycles. The van der Waals surface area contributed by atoms with Gasteiger partial charge in [0, 0.05) is 4.90 Å². The molecule has 0 saturated heterocycles. The zero-order valence-electron chi connectivity index (χ0n) is 14.3. The normalized spacial score (nSPS) is 11.0. The van der Waals surface area contributed by atoms with E-state index in [9.17, 15) is 23.2 Å². The lowest BCUT2D eigenvalue weighted by Crippen LogP contribution is -2.26. The summed E-state index contributed by atoms with van der Waals surface area (Å²) in [5.41, 5.74) is 0.934. The van der Waals surface area contributed by atoms with Crippen molar-refractivity contribution in [1.82, 2.24) is 4.57 Å². The van der Waals surface area contributed by atoms with E-state index < -0.39 is 36.5 Å². The molecule has 1 amide bonds. The smallest absolute Gasteiger partial charge is 0.420 e. The summed E-state index contributed by atoms with van der Waals surface area (Å²) in [5.74, 6) is -4.88. The molecule has 2 aromatic carbocycles. The van der Waals surface area contributed by atoms with Gasteiger partial charge >= 0.3 is 11.7 Å². The number of aromatic nitrogens is 1. The summed E-state index contributed by atoms with van der Waals surface area (Å²) in [6, 6.07) is 12.6. The zero-order chi connectivity index (χ0) is 20.1. The number of carbonyl (C=O) groups is 2. The molecule has 3 aromatic rings. The van der Waals surface area contributed by atoms with Gasteiger partial charge in [0.2, 0.25) is 0 Å². The number of nitrogens with one attached hydrogen (secondary N) is 1. The highest BCUT2D eigenvalue weighted by molar-refractivity contribution is 7.99. The third-order valence-electron chi connectivity index (χ3n) is 3.60. The molecule has 0 aliphatic carbocycles. The Hall–Kier alpha value is -3.14. The number of hydrogen-bond acceptors (Lipinski definition) is 6. The molecule has 3 rings (SSSR count). The number of halogens is 2. The van der Waals surface area contributed by atoms with Crippen molar-refractivity contribution in [1.29, 1.82) is 0 Å². The van der Waals surface area contributed by atoms with Crippen molar-refractivity contribution < 1.29 is 27.5 Å². The number of nitrogens with zero attached hydrogens (tertiary/aromatic N) is 1. The van der Waals surface area contributed by atoms with Crippen LogP contribution in [0.2, 0.25) is 0 Å². The lowest BCUT2D eigenvalue weighted by molar-refractivity contribution is -0.147. The van der Waals surface area contributed by atoms with E-state index in [-0.39, 0.29) is 10.6 Å². The fraction of sp³-hybridized carbons (Fsp3) is 0.167. The van der Waals surface area contributed by atoms with Crippen LogP contribution in [0.25, 0.3) is 11.1 Å². The maximum atomic E-state index is 12.6. The van der Waals surface area contributed by atoms with Gasteiger partial charge in [0.05, 0.1) is 11.2 Å². The number of para-hydroxylation sites is 3. The van der Waals surface area contributed by atoms with Gasteiger partial charge in [-0.25, -0.2) is 4.79 Å². The van der Waals surface area contributed by atoms with E-state index in [1.165, 1.54) is 12.1 Å². The van der Waals surface area contributed by atoms with Gasteiger partial charge in [-0.1, -0.05) is 36.0 Å². The van der Waals surface area contributed by atoms with Crippen LogP contribution in [0.3, 0.4) is 0 Å². The first-order valence-corrected chi connectivity index (χ1v) is 8.89. The average molecular weight is 408 g/mol. The lowest BCUT2D eigenvalue weighted by atomic mass is 10.3. The van der Waals surface area contributed by atoms with Crippen molar-refractivity contribution in [3.8, 4) is 0 Å². The van der Waals surface area contributed by atoms with Crippen LogP contribution in [0, 0.1) is 0 Å². The number of fused-ring (bicyclic) bond motifs is 1. The summed E-state index contributed by atoms with van der Waals surface area (Å²) in [7, 11) is 0. The number of esters is 1. The summed E-state index contributed by atoms with van der Waals surface area (Å²) in [6.07, 6.45) is 0. The molecule has 0 spiro atoms. The van der Waals surface area contributed by atoms with Crippen LogP contribution in [-0.4, -0.2) is 28.8 Å². The molecule has 0 bridgehead atoms. The Kier molecular flexibility index (Phi) is 6.09. The van der Waals surface area contributed by atoms with E-state index in [4.69, 9.17) is 9.15 Å². The maximum absolute atomic E-state index is 12.6. The molecule has 7 nitrogen and oxygen atoms in total. The highest BCUT2D eigenvalue weighted by Gasteiger charge is 2.16. The van der Waals surface area contributed by atoms with Crippen LogP contribution in [0.1, 0.15) is 0 Å². The van der Waals surface area contributed by atoms with E-state index in [2.05, 4.69) is 5.32 Å². The molecule has 28 heavy (non-hydrogen) atoms. The van der Waals surface area contributed by atoms with Crippen molar-refractivity contribution in [2.24, 2.45) is 0 Å². The molecule has 0 aliphatic rings. The minimum atomic E-state index is -2.64. The van der Waals surface area contributed by atoms with Crippen molar-refractivity contribution in [2.75, 3.05) is 11.9 Å². The van der Waals surface area contributed by atoms with Gasteiger partial charge in [0.1, 0.15) is 6.54 Å². The fourth-order valence-electron chi connectivity index (χ4n) is 2.44. The third-order valence-corrected chi connectivity index (χ3v) is 4.39. The number of hydrogen-bond donors (Lipinski definition) is 1. The Balaban J connectivity index is 1.58. The van der Waals surface area contributed by atoms with Crippen LogP contribution in [0.4, 0.5) is 14.5 Å². The van der Waals surface area contributed by atoms with E-state index in [0.29, 0.717) is 22.9 Å². The molecule has 1 aromatic heterocycles. The van der Waals surface area contributed by atoms with Gasteiger partial charge in [0.25, 0.3) is 11.7 Å². The molecule has 0 saturated carbocycles. The summed E-state index contributed by atoms with van der Waals surface area (Å²) in [5, 5.41) is 2.41. The molecular weight excluding hydrogens is 394 g/mol. The number of ether oxygens (including phenoxy) is 1. The van der Waals surface area contributed by atoms with Crippen LogP contribution >= 0.6 is 11.8 Å². The van der Waals surface area contributed by atoms with Gasteiger partial charge in [-0.2, -0.15) is 8.78 Å². The highest BCUT2D eigenvalue weighted by Crippen LogP contribution is 2.31. The Morgan fingerprint density at radius 1 is 1.14 bits per heavy atom. The SMILES string of the molecule is O=C(COC(=O)Cn1c(=O)oc2ccccc21)Nc1ccccc1SC(F)F. The van der Waals surface area contributed by atoms with Crippen LogP contribution in [-0.2, 0) is 20.9 Å². The molecule has 0 aliphatic heterocycles. The number of rotatable bonds is 7. The molecular formula is C18H14F2N2O5S. The third kappa shape index (κ3) is 4.77. The first-order chi connectivity index (χ1) is 13.4. The quantitative estimate of drug-likeness (QED) is 0.477. The largest absolute Gasteiger partial charge is 0.454 e. The fourth-order valence-corrected chi connectivity index (χ4v) is 3.03. The predicted octanol–water partition coefficient (Wildman–Crippen LogP) is 3.09. The van der Waals surface area contributed by atoms with Gasteiger partial charge in [-0.15, -0.1) is 0 Å². The van der Waals surface area contributed by atoms with E-state index in [0.717, 1.165) is 4.57 Å². The maximum Gasteiger partial charge on any atom is 0.420 e. The summed E-state index contributed by atoms with van der Waals surface area (Å²) >= 11 is 0.293. The van der Waals surface area contributed by atoms with E-state index >= 15 is 0 Å². The van der Waals surface area contributed by atoms with E-state index in [1.54, 1.807) is 36.4 Å². The molecule has 0 unspecified atom stereocenters. The predicted molar refractivity (Wildman–Crippen MR) is 98.4 cm³/mol. The average Bonchev–Trinajstić information content (AvgIpc) is 2.97. The molecule has 0 atom stereocenters. The summed E-state index contributed by atoms with van der Waals surface area (Å²) < 4.78 is 36.1. The first kappa shape index (κ1) is 19.6. The molecule has 1 N–H and O–H groups in total. The number of benzene rings is 2. The molecule has 146 valence electrons. The standard InChI is InChI=1S/C18H14F2N2O5S/c19-17(20)28-14-8-4-1-5-11(14)21-15(23)10-26-16(24)9-22-12-6-2-3-7-13(12)27-18(22)25/h1-8,17H,9-10H2,(H,21,23). The van der Waals surface area contributed by atoms with E-state index in [1.807, 2.05) is 0 Å². The number of anilines is 1. The summed E-state index contributed by atoms with van der Waals surface area (Å²) in [4.78, 5) is 35.9. The lowest BCUT2D eigenvalue weighted by Gasteiger charge is -2.10. The van der Waals surface area contributed by atoms with Gasteiger partial charge in [-0.05, 0) is 24.3 Å². The van der Waals surface area contributed by atoms with Gasteiger partial charge in [0.15, 0.2) is 12.2 Å². The van der Waals surface area contributed by atoms with Crippen LogP contribution in [0.5, 0.6) is 0 Å². The number of alkyl halides is 2. The first-order valence-electron chi connectivity index (χ1n) is 8.01. The van der Waals surface area contributed by atoms with Crippen molar-refractivity contribution in [3.63, 3.8) is 0 Å². The van der Waals surface area contributed by atoms with Crippen molar-refractivity contribution in [2.45, 2.75) is 17.2 Å². The van der Waals surface area contributed by atoms with Crippen molar-refractivity contribution >= 4 is 40.4 Å². The number of amides is 1. The second kappa shape index (κ2) is 8.70. The second-order valence-electron chi connectivity index (χ2n) is 5.51. The van der Waals surface area contributed by atoms with Crippen LogP contribution < -0.4 is 11.1 Å². The molecule has 0 fully saturated rings. The monoisotopic (exact) mass is 408 g/mol. The van der Waals surface area contributed by atoms with Gasteiger partial charge < -0.3 is 14.5 Å². The Morgan fingerprint density at radius 2 is 1.86 bits per heavy atom. The zero-order valence-corrected chi connectivity index (χ0v) is 15.1. The van der Waals surface area contributed by atoms with Crippen molar-refractivity contribution in [3.05, 3.63) is 59.1 Å². The minimum Gasteiger partial charge on any atom is -0.454 e. The number of thioether (sulfide) groups is 1. The molecule has 0 radical (unpaired) electrons. The topological polar surface area (TPSA) is 90.5 Å². The van der Waals surface area contributed by atoms with Gasteiger partial charge in [-0.3, -0.25) is 14.2 Å². The molecule has 10 heteroatoms. The Labute approximate surface area is 161 Å². The summed E-state index contributed by atoms with van der Waals surface area (Å²) in [6.45, 7) is -1.06. The Bertz CT molecular complexity index is 1060. The second-order valence-corrected chi connectivity index (χ2v) is 6.54. The minimum absolute atomic E-state index is 0.186.